The van der Waals surface area contributed by atoms with Crippen LogP contribution in [0.1, 0.15) is 34.3 Å². The van der Waals surface area contributed by atoms with E-state index >= 15 is 0 Å². The van der Waals surface area contributed by atoms with Crippen molar-refractivity contribution in [3.63, 3.8) is 0 Å². The molecule has 3 rings (SSSR count). The number of rotatable bonds is 5. The number of piperidine rings is 1. The first-order chi connectivity index (χ1) is 13.4. The number of amides is 1. The normalized spacial score (nSPS) is 15.0. The molecule has 0 spiro atoms. The third kappa shape index (κ3) is 5.87. The fraction of sp³-hybridized carbons (Fsp3) is 0.381. The van der Waals surface area contributed by atoms with Crippen molar-refractivity contribution in [3.05, 3.63) is 65.2 Å². The largest absolute Gasteiger partial charge is 0.489 e. The summed E-state index contributed by atoms with van der Waals surface area (Å²) in [6.45, 7) is 0.786. The van der Waals surface area contributed by atoms with E-state index in [0.29, 0.717) is 23.5 Å². The molecule has 0 bridgehead atoms. The van der Waals surface area contributed by atoms with Crippen LogP contribution in [0.15, 0.2) is 48.5 Å². The predicted molar refractivity (Wildman–Crippen MR) is 107 cm³/mol. The summed E-state index contributed by atoms with van der Waals surface area (Å²) in [5.41, 5.74) is 7.92. The molecule has 158 valence electrons. The smallest absolute Gasteiger partial charge is 0.391 e. The van der Waals surface area contributed by atoms with E-state index < -0.39 is 12.1 Å². The lowest BCUT2D eigenvalue weighted by atomic mass is 9.95. The number of carbonyl (C=O) groups excluding carboxylic acids is 1. The fourth-order valence-electron chi connectivity index (χ4n) is 3.34. The molecule has 1 saturated heterocycles. The Bertz CT molecular complexity index is 807. The summed E-state index contributed by atoms with van der Waals surface area (Å²) in [5, 5.41) is 0. The van der Waals surface area contributed by atoms with E-state index in [0.717, 1.165) is 5.56 Å². The summed E-state index contributed by atoms with van der Waals surface area (Å²) in [6, 6.07) is 14.7. The molecule has 29 heavy (non-hydrogen) atoms. The van der Waals surface area contributed by atoms with E-state index in [-0.39, 0.29) is 50.8 Å². The number of ether oxygens (including phenoxy) is 1. The maximum Gasteiger partial charge on any atom is 0.391 e. The van der Waals surface area contributed by atoms with Crippen LogP contribution in [0.4, 0.5) is 13.2 Å². The van der Waals surface area contributed by atoms with E-state index in [9.17, 15) is 18.0 Å². The number of halogens is 4. The highest BCUT2D eigenvalue weighted by Gasteiger charge is 2.41. The van der Waals surface area contributed by atoms with Gasteiger partial charge in [0.15, 0.2) is 0 Å². The number of benzene rings is 2. The van der Waals surface area contributed by atoms with Gasteiger partial charge in [0, 0.05) is 30.8 Å². The van der Waals surface area contributed by atoms with Gasteiger partial charge in [-0.2, -0.15) is 13.2 Å². The van der Waals surface area contributed by atoms with Crippen LogP contribution in [0.25, 0.3) is 0 Å². The minimum Gasteiger partial charge on any atom is -0.489 e. The first-order valence-corrected chi connectivity index (χ1v) is 9.24. The van der Waals surface area contributed by atoms with E-state index in [1.807, 2.05) is 30.3 Å². The topological polar surface area (TPSA) is 55.6 Å². The number of hydrogen-bond acceptors (Lipinski definition) is 3. The lowest BCUT2D eigenvalue weighted by Gasteiger charge is -2.33. The van der Waals surface area contributed by atoms with Crippen molar-refractivity contribution in [1.82, 2.24) is 4.90 Å². The SMILES string of the molecule is Cl.NCc1cc(C(=O)N2CCC(C(F)(F)F)CC2)ccc1OCc1ccccc1. The van der Waals surface area contributed by atoms with Gasteiger partial charge in [-0.05, 0) is 36.6 Å². The molecule has 0 unspecified atom stereocenters. The van der Waals surface area contributed by atoms with Crippen molar-refractivity contribution in [3.8, 4) is 5.75 Å². The third-order valence-electron chi connectivity index (χ3n) is 5.01. The lowest BCUT2D eigenvalue weighted by Crippen LogP contribution is -2.42. The highest BCUT2D eigenvalue weighted by molar-refractivity contribution is 5.94. The standard InChI is InChI=1S/C21H23F3N2O2.ClH/c22-21(23,24)18-8-10-26(11-9-18)20(27)16-6-7-19(17(12-16)13-25)28-14-15-4-2-1-3-5-15;/h1-7,12,18H,8-11,13-14,25H2;1H. The second-order valence-corrected chi connectivity index (χ2v) is 6.91. The van der Waals surface area contributed by atoms with Crippen molar-refractivity contribution < 1.29 is 22.7 Å². The molecule has 0 aromatic heterocycles. The van der Waals surface area contributed by atoms with E-state index in [1.165, 1.54) is 4.90 Å². The van der Waals surface area contributed by atoms with Crippen LogP contribution >= 0.6 is 12.4 Å². The minimum atomic E-state index is -4.19. The molecular formula is C21H24ClF3N2O2. The molecule has 1 heterocycles. The zero-order valence-corrected chi connectivity index (χ0v) is 16.6. The molecule has 0 atom stereocenters. The van der Waals surface area contributed by atoms with Gasteiger partial charge in [-0.25, -0.2) is 0 Å². The maximum atomic E-state index is 12.8. The van der Waals surface area contributed by atoms with Gasteiger partial charge in [0.1, 0.15) is 12.4 Å². The number of nitrogens with zero attached hydrogens (tertiary/aromatic N) is 1. The Hall–Kier alpha value is -2.25. The second kappa shape index (κ2) is 9.98. The van der Waals surface area contributed by atoms with E-state index in [4.69, 9.17) is 10.5 Å². The Kier molecular flexibility index (Phi) is 7.93. The number of alkyl halides is 3. The molecule has 8 heteroatoms. The number of likely N-dealkylation sites (tertiary alicyclic amines) is 1. The average Bonchev–Trinajstić information content (AvgIpc) is 2.72. The molecule has 2 N–H and O–H groups in total. The monoisotopic (exact) mass is 428 g/mol. The predicted octanol–water partition coefficient (Wildman–Crippen LogP) is 4.56. The second-order valence-electron chi connectivity index (χ2n) is 6.91. The van der Waals surface area contributed by atoms with Crippen LogP contribution in [0.2, 0.25) is 0 Å². The summed E-state index contributed by atoms with van der Waals surface area (Å²) in [7, 11) is 0. The van der Waals surface area contributed by atoms with Crippen LogP contribution in [0.5, 0.6) is 5.75 Å². The van der Waals surface area contributed by atoms with Crippen molar-refractivity contribution in [2.75, 3.05) is 13.1 Å². The first kappa shape index (κ1) is 23.0. The van der Waals surface area contributed by atoms with Crippen LogP contribution in [-0.2, 0) is 13.2 Å². The molecule has 0 radical (unpaired) electrons. The highest BCUT2D eigenvalue weighted by atomic mass is 35.5. The quantitative estimate of drug-likeness (QED) is 0.759. The Morgan fingerprint density at radius 2 is 1.76 bits per heavy atom. The van der Waals surface area contributed by atoms with Gasteiger partial charge >= 0.3 is 6.18 Å². The van der Waals surface area contributed by atoms with Crippen LogP contribution in [0, 0.1) is 5.92 Å². The number of nitrogens with two attached hydrogens (primary N) is 1. The van der Waals surface area contributed by atoms with Crippen LogP contribution < -0.4 is 10.5 Å². The van der Waals surface area contributed by atoms with E-state index in [1.54, 1.807) is 18.2 Å². The average molecular weight is 429 g/mol. The summed E-state index contributed by atoms with van der Waals surface area (Å²) < 4.78 is 44.2. The van der Waals surface area contributed by atoms with Gasteiger partial charge in [-0.1, -0.05) is 30.3 Å². The summed E-state index contributed by atoms with van der Waals surface area (Å²) in [6.07, 6.45) is -4.31. The van der Waals surface area contributed by atoms with Gasteiger partial charge in [0.25, 0.3) is 5.91 Å². The molecule has 1 fully saturated rings. The van der Waals surface area contributed by atoms with Gasteiger partial charge in [-0.3, -0.25) is 4.79 Å². The van der Waals surface area contributed by atoms with Crippen molar-refractivity contribution in [2.45, 2.75) is 32.2 Å². The molecule has 4 nitrogen and oxygen atoms in total. The highest BCUT2D eigenvalue weighted by Crippen LogP contribution is 2.34. The van der Waals surface area contributed by atoms with Gasteiger partial charge in [-0.15, -0.1) is 12.4 Å². The Balaban J connectivity index is 0.00000300. The molecular weight excluding hydrogens is 405 g/mol. The maximum absolute atomic E-state index is 12.8. The molecule has 0 saturated carbocycles. The summed E-state index contributed by atoms with van der Waals surface area (Å²) in [5.74, 6) is -1.01. The Morgan fingerprint density at radius 1 is 1.10 bits per heavy atom. The van der Waals surface area contributed by atoms with Crippen molar-refractivity contribution in [1.29, 1.82) is 0 Å². The zero-order valence-electron chi connectivity index (χ0n) is 15.8. The molecule has 1 amide bonds. The molecule has 2 aromatic rings. The lowest BCUT2D eigenvalue weighted by molar-refractivity contribution is -0.183. The van der Waals surface area contributed by atoms with Crippen LogP contribution in [0.3, 0.4) is 0 Å². The Morgan fingerprint density at radius 3 is 2.34 bits per heavy atom. The molecule has 2 aromatic carbocycles. The third-order valence-corrected chi connectivity index (χ3v) is 5.01. The van der Waals surface area contributed by atoms with Crippen molar-refractivity contribution >= 4 is 18.3 Å². The molecule has 1 aliphatic rings. The van der Waals surface area contributed by atoms with Gasteiger partial charge in [0.2, 0.25) is 0 Å². The van der Waals surface area contributed by atoms with Crippen molar-refractivity contribution in [2.24, 2.45) is 11.7 Å². The van der Waals surface area contributed by atoms with Gasteiger partial charge in [0.05, 0.1) is 5.92 Å². The van der Waals surface area contributed by atoms with Crippen LogP contribution in [-0.4, -0.2) is 30.1 Å². The van der Waals surface area contributed by atoms with E-state index in [2.05, 4.69) is 0 Å². The molecule has 1 aliphatic heterocycles. The summed E-state index contributed by atoms with van der Waals surface area (Å²) in [4.78, 5) is 14.2. The fourth-order valence-corrected chi connectivity index (χ4v) is 3.34. The zero-order chi connectivity index (χ0) is 20.1. The number of carbonyl (C=O) groups is 1. The minimum absolute atomic E-state index is 0. The Labute approximate surface area is 174 Å². The summed E-state index contributed by atoms with van der Waals surface area (Å²) >= 11 is 0. The number of hydrogen-bond donors (Lipinski definition) is 1. The molecule has 0 aliphatic carbocycles. The first-order valence-electron chi connectivity index (χ1n) is 9.24. The van der Waals surface area contributed by atoms with Gasteiger partial charge < -0.3 is 15.4 Å².